The normalized spacial score (nSPS) is 8.53. The van der Waals surface area contributed by atoms with Crippen LogP contribution in [0.5, 0.6) is 0 Å². The van der Waals surface area contributed by atoms with Gasteiger partial charge >= 0.3 is 60.1 Å². The average Bonchev–Trinajstić information content (AvgIpc) is 2.16. The SMILES string of the molecule is Cc1ccc([C-]=O)c(C)c1C.O=[PH+]O.[K+]. The van der Waals surface area contributed by atoms with Gasteiger partial charge in [0.1, 0.15) is 0 Å². The Bertz CT molecular complexity index is 340. The third-order valence-electron chi connectivity index (χ3n) is 2.17. The Hall–Kier alpha value is 0.586. The molecule has 0 aliphatic heterocycles. The zero-order chi connectivity index (χ0) is 11.1. The second-order valence-electron chi connectivity index (χ2n) is 2.87. The van der Waals surface area contributed by atoms with Crippen molar-refractivity contribution in [1.29, 1.82) is 0 Å². The van der Waals surface area contributed by atoms with Gasteiger partial charge in [-0.05, 0) is 11.5 Å². The topological polar surface area (TPSA) is 54.4 Å². The van der Waals surface area contributed by atoms with Crippen molar-refractivity contribution in [2.24, 2.45) is 0 Å². The molecule has 0 spiro atoms. The van der Waals surface area contributed by atoms with E-state index in [2.05, 4.69) is 0 Å². The molecular formula is C10H13KO3P+. The molecule has 0 fully saturated rings. The van der Waals surface area contributed by atoms with Crippen molar-refractivity contribution in [3.05, 3.63) is 34.4 Å². The number of hydrogen-bond acceptors (Lipinski definition) is 2. The van der Waals surface area contributed by atoms with Crippen LogP contribution in [0.3, 0.4) is 0 Å². The Kier molecular flexibility index (Phi) is 11.7. The second kappa shape index (κ2) is 9.79. The van der Waals surface area contributed by atoms with Gasteiger partial charge in [0.15, 0.2) is 0 Å². The summed E-state index contributed by atoms with van der Waals surface area (Å²) in [4.78, 5) is 17.4. The molecule has 15 heavy (non-hydrogen) atoms. The van der Waals surface area contributed by atoms with Crippen LogP contribution in [0.15, 0.2) is 12.1 Å². The molecule has 3 nitrogen and oxygen atoms in total. The Labute approximate surface area is 134 Å². The van der Waals surface area contributed by atoms with Crippen LogP contribution < -0.4 is 51.4 Å². The van der Waals surface area contributed by atoms with Crippen LogP contribution >= 0.6 is 8.69 Å². The predicted molar refractivity (Wildman–Crippen MR) is 56.7 cm³/mol. The standard InChI is InChI=1S/C10H11O.K.HO2P/c1-7-4-5-10(6-11)9(3)8(7)2;;1-3-2/h4-5H,1-3H3;;3H/q-1;+1;/p+1. The molecule has 0 radical (unpaired) electrons. The van der Waals surface area contributed by atoms with E-state index in [1.54, 1.807) is 0 Å². The average molecular weight is 251 g/mol. The molecule has 0 saturated carbocycles. The van der Waals surface area contributed by atoms with Crippen LogP contribution in [-0.2, 0) is 9.36 Å². The summed E-state index contributed by atoms with van der Waals surface area (Å²) in [6, 6.07) is 3.76. The maximum atomic E-state index is 10.4. The van der Waals surface area contributed by atoms with Gasteiger partial charge in [-0.3, -0.25) is 0 Å². The predicted octanol–water partition coefficient (Wildman–Crippen LogP) is -1.01. The molecule has 1 unspecified atom stereocenters. The number of hydrogen-bond donors (Lipinski definition) is 1. The fraction of sp³-hybridized carbons (Fsp3) is 0.300. The van der Waals surface area contributed by atoms with Gasteiger partial charge in [-0.1, -0.05) is 19.4 Å². The van der Waals surface area contributed by atoms with E-state index in [-0.39, 0.29) is 51.4 Å². The second-order valence-corrected chi connectivity index (χ2v) is 3.06. The van der Waals surface area contributed by atoms with E-state index in [4.69, 9.17) is 9.46 Å². The van der Waals surface area contributed by atoms with Crippen molar-refractivity contribution in [2.75, 3.05) is 0 Å². The van der Waals surface area contributed by atoms with Gasteiger partial charge in [-0.25, -0.2) is 0 Å². The Morgan fingerprint density at radius 3 is 2.07 bits per heavy atom. The molecule has 0 saturated heterocycles. The van der Waals surface area contributed by atoms with Crippen LogP contribution in [0.25, 0.3) is 0 Å². The van der Waals surface area contributed by atoms with Crippen molar-refractivity contribution in [3.8, 4) is 0 Å². The van der Waals surface area contributed by atoms with Crippen molar-refractivity contribution < 1.29 is 65.6 Å². The summed E-state index contributed by atoms with van der Waals surface area (Å²) >= 11 is 0. The van der Waals surface area contributed by atoms with E-state index >= 15 is 0 Å². The monoisotopic (exact) mass is 251 g/mol. The Morgan fingerprint density at radius 1 is 1.20 bits per heavy atom. The fourth-order valence-electron chi connectivity index (χ4n) is 1.07. The molecule has 1 atom stereocenters. The van der Waals surface area contributed by atoms with Gasteiger partial charge in [-0.15, -0.1) is 22.8 Å². The molecule has 1 aromatic rings. The Morgan fingerprint density at radius 2 is 1.67 bits per heavy atom. The molecule has 0 amide bonds. The van der Waals surface area contributed by atoms with E-state index < -0.39 is 8.69 Å². The first kappa shape index (κ1) is 18.0. The van der Waals surface area contributed by atoms with Crippen molar-refractivity contribution >= 4 is 15.0 Å². The number of aryl methyl sites for hydroxylation is 1. The zero-order valence-electron chi connectivity index (χ0n) is 9.42. The van der Waals surface area contributed by atoms with Crippen molar-refractivity contribution in [2.45, 2.75) is 20.8 Å². The first-order valence-corrected chi connectivity index (χ1v) is 4.90. The smallest absolute Gasteiger partial charge is 0.376 e. The van der Waals surface area contributed by atoms with Gasteiger partial charge in [0.2, 0.25) is 0 Å². The molecule has 1 rings (SSSR count). The summed E-state index contributed by atoms with van der Waals surface area (Å²) in [5.41, 5.74) is 4.13. The van der Waals surface area contributed by atoms with Crippen LogP contribution in [-0.4, -0.2) is 11.2 Å². The molecular weight excluding hydrogens is 238 g/mol. The van der Waals surface area contributed by atoms with Crippen LogP contribution in [0.1, 0.15) is 22.3 Å². The molecule has 76 valence electrons. The molecule has 0 aliphatic rings. The summed E-state index contributed by atoms with van der Waals surface area (Å²) in [7, 11) is -1.17. The van der Waals surface area contributed by atoms with Gasteiger partial charge < -0.3 is 4.79 Å². The summed E-state index contributed by atoms with van der Waals surface area (Å²) in [5, 5.41) is 0. The number of carbonyl (C=O) groups excluding carboxylic acids is 1. The summed E-state index contributed by atoms with van der Waals surface area (Å²) in [6.07, 6.45) is 1.91. The maximum Gasteiger partial charge on any atom is 1.00 e. The minimum Gasteiger partial charge on any atom is -0.376 e. The van der Waals surface area contributed by atoms with Crippen LogP contribution in [0, 0.1) is 20.8 Å². The zero-order valence-corrected chi connectivity index (χ0v) is 13.5. The first-order valence-electron chi connectivity index (χ1n) is 4.04. The van der Waals surface area contributed by atoms with E-state index in [0.717, 1.165) is 5.56 Å². The van der Waals surface area contributed by atoms with Gasteiger partial charge in [0, 0.05) is 0 Å². The van der Waals surface area contributed by atoms with E-state index in [9.17, 15) is 4.79 Å². The number of benzene rings is 1. The summed E-state index contributed by atoms with van der Waals surface area (Å²) < 4.78 is 8.51. The molecule has 0 heterocycles. The van der Waals surface area contributed by atoms with Crippen LogP contribution in [0.4, 0.5) is 0 Å². The first-order chi connectivity index (χ1) is 6.58. The van der Waals surface area contributed by atoms with Crippen molar-refractivity contribution in [1.82, 2.24) is 0 Å². The largest absolute Gasteiger partial charge is 1.00 e. The molecule has 1 aromatic carbocycles. The minimum atomic E-state index is -1.17. The summed E-state index contributed by atoms with van der Waals surface area (Å²) in [5.74, 6) is 0. The molecule has 0 bridgehead atoms. The molecule has 5 heteroatoms. The van der Waals surface area contributed by atoms with E-state index in [0.29, 0.717) is 5.56 Å². The molecule has 0 aliphatic carbocycles. The number of rotatable bonds is 1. The minimum absolute atomic E-state index is 0. The van der Waals surface area contributed by atoms with E-state index in [1.807, 2.05) is 39.2 Å². The van der Waals surface area contributed by atoms with Gasteiger partial charge in [0.25, 0.3) is 0 Å². The third-order valence-corrected chi connectivity index (χ3v) is 2.17. The molecule has 0 aromatic heterocycles. The fourth-order valence-corrected chi connectivity index (χ4v) is 1.07. The molecule has 1 N–H and O–H groups in total. The van der Waals surface area contributed by atoms with Crippen LogP contribution in [0.2, 0.25) is 0 Å². The summed E-state index contributed by atoms with van der Waals surface area (Å²) in [6.45, 7) is 6.00. The van der Waals surface area contributed by atoms with Gasteiger partial charge in [0.05, 0.1) is 6.29 Å². The third kappa shape index (κ3) is 6.02. The Balaban J connectivity index is 0. The quantitative estimate of drug-likeness (QED) is 0.395. The maximum absolute atomic E-state index is 10.4. The van der Waals surface area contributed by atoms with Gasteiger partial charge in [-0.2, -0.15) is 11.0 Å². The van der Waals surface area contributed by atoms with E-state index in [1.165, 1.54) is 11.1 Å². The van der Waals surface area contributed by atoms with Crippen molar-refractivity contribution in [3.63, 3.8) is 0 Å².